The van der Waals surface area contributed by atoms with E-state index in [2.05, 4.69) is 9.71 Å². The molecule has 0 atom stereocenters. The largest absolute Gasteiger partial charge is 0.398 e. The molecule has 0 fully saturated rings. The summed E-state index contributed by atoms with van der Waals surface area (Å²) < 4.78 is 39.0. The van der Waals surface area contributed by atoms with Gasteiger partial charge in [0.25, 0.3) is 10.0 Å². The molecular formula is C9H8FN3O2S2. The number of hydrogen-bond acceptors (Lipinski definition) is 5. The van der Waals surface area contributed by atoms with Gasteiger partial charge in [0.2, 0.25) is 0 Å². The molecule has 0 spiro atoms. The van der Waals surface area contributed by atoms with Crippen molar-refractivity contribution < 1.29 is 12.8 Å². The summed E-state index contributed by atoms with van der Waals surface area (Å²) in [6.07, 6.45) is 2.23. The summed E-state index contributed by atoms with van der Waals surface area (Å²) in [6, 6.07) is 2.55. The molecule has 2 heterocycles. The molecule has 0 aliphatic rings. The second-order valence-electron chi connectivity index (χ2n) is 3.16. The molecule has 0 saturated heterocycles. The van der Waals surface area contributed by atoms with Crippen molar-refractivity contribution in [1.29, 1.82) is 0 Å². The molecule has 17 heavy (non-hydrogen) atoms. The number of nitrogens with zero attached hydrogens (tertiary/aromatic N) is 1. The highest BCUT2D eigenvalue weighted by Gasteiger charge is 2.18. The van der Waals surface area contributed by atoms with E-state index in [1.807, 2.05) is 0 Å². The lowest BCUT2D eigenvalue weighted by atomic mass is 10.4. The maximum absolute atomic E-state index is 13.2. The summed E-state index contributed by atoms with van der Waals surface area (Å²) in [6.45, 7) is 0. The normalized spacial score (nSPS) is 11.4. The van der Waals surface area contributed by atoms with E-state index in [1.54, 1.807) is 0 Å². The summed E-state index contributed by atoms with van der Waals surface area (Å²) in [4.78, 5) is 3.52. The van der Waals surface area contributed by atoms with Crippen molar-refractivity contribution in [2.24, 2.45) is 0 Å². The molecule has 0 amide bonds. The van der Waals surface area contributed by atoms with Crippen LogP contribution in [0, 0.1) is 5.82 Å². The van der Waals surface area contributed by atoms with Crippen molar-refractivity contribution in [2.75, 3.05) is 10.5 Å². The standard InChI is InChI=1S/C9H8FN3O2S2/c10-7-4-12-2-1-8(7)13-17(14,15)9-3-6(11)5-16-9/h1-5H,11H2,(H,12,13). The lowest BCUT2D eigenvalue weighted by molar-refractivity contribution is 0.599. The molecule has 0 radical (unpaired) electrons. The number of nitrogens with two attached hydrogens (primary N) is 1. The molecule has 0 unspecified atom stereocenters. The van der Waals surface area contributed by atoms with Gasteiger partial charge in [-0.25, -0.2) is 12.8 Å². The van der Waals surface area contributed by atoms with E-state index in [-0.39, 0.29) is 9.90 Å². The summed E-state index contributed by atoms with van der Waals surface area (Å²) in [5, 5.41) is 1.50. The van der Waals surface area contributed by atoms with Gasteiger partial charge < -0.3 is 5.73 Å². The number of nitrogen functional groups attached to an aromatic ring is 1. The molecule has 90 valence electrons. The number of halogens is 1. The quantitative estimate of drug-likeness (QED) is 0.890. The van der Waals surface area contributed by atoms with E-state index < -0.39 is 15.8 Å². The average Bonchev–Trinajstić information content (AvgIpc) is 2.69. The molecule has 8 heteroatoms. The monoisotopic (exact) mass is 273 g/mol. The molecular weight excluding hydrogens is 265 g/mol. The van der Waals surface area contributed by atoms with Crippen molar-refractivity contribution in [3.8, 4) is 0 Å². The zero-order valence-electron chi connectivity index (χ0n) is 8.42. The molecule has 0 bridgehead atoms. The van der Waals surface area contributed by atoms with E-state index in [1.165, 1.54) is 23.7 Å². The molecule has 0 saturated carbocycles. The minimum atomic E-state index is -3.79. The van der Waals surface area contributed by atoms with Crippen molar-refractivity contribution in [3.05, 3.63) is 35.7 Å². The summed E-state index contributed by atoms with van der Waals surface area (Å²) in [7, 11) is -3.79. The molecule has 2 aromatic heterocycles. The van der Waals surface area contributed by atoms with E-state index in [0.29, 0.717) is 5.69 Å². The number of rotatable bonds is 3. The van der Waals surface area contributed by atoms with Gasteiger partial charge in [-0.15, -0.1) is 11.3 Å². The van der Waals surface area contributed by atoms with Gasteiger partial charge in [-0.2, -0.15) is 0 Å². The number of anilines is 2. The van der Waals surface area contributed by atoms with Crippen LogP contribution in [0.4, 0.5) is 15.8 Å². The molecule has 3 N–H and O–H groups in total. The zero-order valence-corrected chi connectivity index (χ0v) is 10.1. The van der Waals surface area contributed by atoms with Crippen molar-refractivity contribution in [3.63, 3.8) is 0 Å². The SMILES string of the molecule is Nc1csc(S(=O)(=O)Nc2ccncc2F)c1. The van der Waals surface area contributed by atoms with Crippen molar-refractivity contribution in [1.82, 2.24) is 4.98 Å². The average molecular weight is 273 g/mol. The van der Waals surface area contributed by atoms with Crippen LogP contribution >= 0.6 is 11.3 Å². The smallest absolute Gasteiger partial charge is 0.271 e. The number of hydrogen-bond donors (Lipinski definition) is 2. The van der Waals surface area contributed by atoms with Crippen LogP contribution in [-0.2, 0) is 10.0 Å². The molecule has 0 aliphatic carbocycles. The number of thiophene rings is 1. The van der Waals surface area contributed by atoms with Crippen molar-refractivity contribution >= 4 is 32.7 Å². The van der Waals surface area contributed by atoms with Crippen LogP contribution in [0.5, 0.6) is 0 Å². The number of aromatic nitrogens is 1. The van der Waals surface area contributed by atoms with Gasteiger partial charge in [-0.1, -0.05) is 0 Å². The van der Waals surface area contributed by atoms with Gasteiger partial charge in [0.05, 0.1) is 11.9 Å². The van der Waals surface area contributed by atoms with Crippen molar-refractivity contribution in [2.45, 2.75) is 4.21 Å². The highest BCUT2D eigenvalue weighted by atomic mass is 32.2. The molecule has 5 nitrogen and oxygen atoms in total. The molecule has 2 aromatic rings. The fourth-order valence-corrected chi connectivity index (χ4v) is 3.27. The zero-order chi connectivity index (χ0) is 12.5. The Morgan fingerprint density at radius 3 is 2.82 bits per heavy atom. The Morgan fingerprint density at radius 1 is 1.47 bits per heavy atom. The molecule has 0 aromatic carbocycles. The molecule has 0 aliphatic heterocycles. The van der Waals surface area contributed by atoms with E-state index >= 15 is 0 Å². The van der Waals surface area contributed by atoms with Gasteiger partial charge in [-0.05, 0) is 12.1 Å². The highest BCUT2D eigenvalue weighted by Crippen LogP contribution is 2.24. The summed E-state index contributed by atoms with van der Waals surface area (Å²) in [5.41, 5.74) is 5.64. The van der Waals surface area contributed by atoms with Crippen LogP contribution in [0.2, 0.25) is 0 Å². The first-order valence-electron chi connectivity index (χ1n) is 4.45. The van der Waals surface area contributed by atoms with E-state index in [9.17, 15) is 12.8 Å². The first-order valence-corrected chi connectivity index (χ1v) is 6.81. The minimum absolute atomic E-state index is 0.0335. The third-order valence-electron chi connectivity index (χ3n) is 1.88. The van der Waals surface area contributed by atoms with Gasteiger partial charge >= 0.3 is 0 Å². The topological polar surface area (TPSA) is 85.1 Å². The number of nitrogens with one attached hydrogen (secondary N) is 1. The first-order chi connectivity index (χ1) is 7.99. The highest BCUT2D eigenvalue weighted by molar-refractivity contribution is 7.94. The first kappa shape index (κ1) is 11.8. The fourth-order valence-electron chi connectivity index (χ4n) is 1.12. The molecule has 2 rings (SSSR count). The summed E-state index contributed by atoms with van der Waals surface area (Å²) in [5.74, 6) is -0.736. The Hall–Kier alpha value is -1.67. The van der Waals surface area contributed by atoms with Crippen LogP contribution in [0.3, 0.4) is 0 Å². The third-order valence-corrected chi connectivity index (χ3v) is 4.70. The third kappa shape index (κ3) is 2.53. The minimum Gasteiger partial charge on any atom is -0.398 e. The van der Waals surface area contributed by atoms with Gasteiger partial charge in [0.15, 0.2) is 5.82 Å². The van der Waals surface area contributed by atoms with Crippen LogP contribution < -0.4 is 10.5 Å². The summed E-state index contributed by atoms with van der Waals surface area (Å²) >= 11 is 0.968. The van der Waals surface area contributed by atoms with Gasteiger partial charge in [0, 0.05) is 17.3 Å². The second kappa shape index (κ2) is 4.30. The predicted octanol–water partition coefficient (Wildman–Crippen LogP) is 1.67. The Kier molecular flexibility index (Phi) is 2.99. The Morgan fingerprint density at radius 2 is 2.24 bits per heavy atom. The fraction of sp³-hybridized carbons (Fsp3) is 0. The van der Waals surface area contributed by atoms with E-state index in [4.69, 9.17) is 5.73 Å². The Bertz CT molecular complexity index is 639. The lowest BCUT2D eigenvalue weighted by Crippen LogP contribution is -2.12. The van der Waals surface area contributed by atoms with Gasteiger partial charge in [-0.3, -0.25) is 9.71 Å². The lowest BCUT2D eigenvalue weighted by Gasteiger charge is -2.06. The number of pyridine rings is 1. The Balaban J connectivity index is 2.33. The van der Waals surface area contributed by atoms with E-state index in [0.717, 1.165) is 17.5 Å². The predicted molar refractivity (Wildman–Crippen MR) is 63.7 cm³/mol. The maximum atomic E-state index is 13.2. The Labute approximate surface area is 101 Å². The van der Waals surface area contributed by atoms with Crippen LogP contribution in [0.15, 0.2) is 34.1 Å². The number of sulfonamides is 1. The van der Waals surface area contributed by atoms with Crippen LogP contribution in [-0.4, -0.2) is 13.4 Å². The van der Waals surface area contributed by atoms with Crippen LogP contribution in [0.25, 0.3) is 0 Å². The second-order valence-corrected chi connectivity index (χ2v) is 5.98. The van der Waals surface area contributed by atoms with Crippen LogP contribution in [0.1, 0.15) is 0 Å². The van der Waals surface area contributed by atoms with Gasteiger partial charge in [0.1, 0.15) is 4.21 Å². The maximum Gasteiger partial charge on any atom is 0.271 e.